The van der Waals surface area contributed by atoms with E-state index in [1.807, 2.05) is 13.8 Å². The number of hydrogen-bond donors (Lipinski definition) is 2. The van der Waals surface area contributed by atoms with E-state index in [9.17, 15) is 14.4 Å². The van der Waals surface area contributed by atoms with Gasteiger partial charge in [-0.05, 0) is 13.8 Å². The summed E-state index contributed by atoms with van der Waals surface area (Å²) in [7, 11) is 0. The van der Waals surface area contributed by atoms with Gasteiger partial charge in [0.05, 0.1) is 12.2 Å². The van der Waals surface area contributed by atoms with Crippen LogP contribution in [0.15, 0.2) is 0 Å². The summed E-state index contributed by atoms with van der Waals surface area (Å²) in [5.74, 6) is -1.67. The van der Waals surface area contributed by atoms with E-state index in [2.05, 4.69) is 5.32 Å². The molecule has 2 fully saturated rings. The average molecular weight is 256 g/mol. The Balaban J connectivity index is 2.22. The number of carbonyl (C=O) groups is 3. The Morgan fingerprint density at radius 3 is 2.50 bits per heavy atom. The predicted molar refractivity (Wildman–Crippen MR) is 59.9 cm³/mol. The molecule has 2 N–H and O–H groups in total. The highest BCUT2D eigenvalue weighted by Crippen LogP contribution is 2.33. The highest BCUT2D eigenvalue weighted by Gasteiger charge is 2.54. The second-order valence-electron chi connectivity index (χ2n) is 4.96. The summed E-state index contributed by atoms with van der Waals surface area (Å²) < 4.78 is 5.53. The largest absolute Gasteiger partial charge is 0.480 e. The number of hydrogen-bond acceptors (Lipinski definition) is 4. The molecule has 0 radical (unpaired) electrons. The van der Waals surface area contributed by atoms with Gasteiger partial charge in [-0.2, -0.15) is 0 Å². The van der Waals surface area contributed by atoms with E-state index in [1.54, 1.807) is 0 Å². The van der Waals surface area contributed by atoms with Gasteiger partial charge in [0.15, 0.2) is 0 Å². The lowest BCUT2D eigenvalue weighted by molar-refractivity contribution is -0.146. The summed E-state index contributed by atoms with van der Waals surface area (Å²) in [5, 5.41) is 11.3. The monoisotopic (exact) mass is 256 g/mol. The molecule has 2 rings (SSSR count). The van der Waals surface area contributed by atoms with Crippen LogP contribution in [-0.4, -0.2) is 52.2 Å². The van der Waals surface area contributed by atoms with Crippen LogP contribution in [0.4, 0.5) is 4.79 Å². The number of carboxylic acid groups (broad SMARTS) is 1. The molecular weight excluding hydrogens is 240 g/mol. The Bertz CT molecular complexity index is 398. The maximum atomic E-state index is 12.2. The van der Waals surface area contributed by atoms with Crippen molar-refractivity contribution in [3.05, 3.63) is 0 Å². The van der Waals surface area contributed by atoms with E-state index >= 15 is 0 Å². The van der Waals surface area contributed by atoms with Gasteiger partial charge in [0.2, 0.25) is 0 Å². The minimum Gasteiger partial charge on any atom is -0.480 e. The fourth-order valence-electron chi connectivity index (χ4n) is 2.79. The van der Waals surface area contributed by atoms with Crippen LogP contribution in [0.3, 0.4) is 0 Å². The molecule has 0 aromatic carbocycles. The van der Waals surface area contributed by atoms with Crippen molar-refractivity contribution in [2.45, 2.75) is 44.4 Å². The third-order valence-electron chi connectivity index (χ3n) is 3.28. The molecule has 2 aliphatic rings. The van der Waals surface area contributed by atoms with Crippen molar-refractivity contribution in [3.8, 4) is 0 Å². The third-order valence-corrected chi connectivity index (χ3v) is 3.28. The minimum atomic E-state index is -1.20. The Hall–Kier alpha value is -1.63. The van der Waals surface area contributed by atoms with E-state index in [1.165, 1.54) is 0 Å². The fourth-order valence-corrected chi connectivity index (χ4v) is 2.79. The number of aliphatic carboxylic acids is 1. The molecule has 1 spiro atoms. The summed E-state index contributed by atoms with van der Waals surface area (Å²) in [6.07, 6.45) is 0.446. The van der Waals surface area contributed by atoms with Crippen molar-refractivity contribution in [2.75, 3.05) is 6.54 Å². The number of imide groups is 1. The summed E-state index contributed by atoms with van der Waals surface area (Å²) in [4.78, 5) is 35.3. The van der Waals surface area contributed by atoms with Crippen molar-refractivity contribution in [2.24, 2.45) is 0 Å². The molecule has 7 nitrogen and oxygen atoms in total. The number of rotatable bonds is 2. The maximum absolute atomic E-state index is 12.2. The van der Waals surface area contributed by atoms with Crippen molar-refractivity contribution in [3.63, 3.8) is 0 Å². The lowest BCUT2D eigenvalue weighted by Gasteiger charge is -2.38. The van der Waals surface area contributed by atoms with E-state index in [0.29, 0.717) is 12.8 Å². The maximum Gasteiger partial charge on any atom is 0.325 e. The Morgan fingerprint density at radius 1 is 1.44 bits per heavy atom. The molecule has 18 heavy (non-hydrogen) atoms. The zero-order chi connectivity index (χ0) is 13.5. The molecule has 0 saturated carbocycles. The predicted octanol–water partition coefficient (Wildman–Crippen LogP) is -0.0510. The number of nitrogens with zero attached hydrogens (tertiary/aromatic N) is 1. The molecule has 7 heteroatoms. The summed E-state index contributed by atoms with van der Waals surface area (Å²) in [6.45, 7) is 3.06. The smallest absolute Gasteiger partial charge is 0.325 e. The van der Waals surface area contributed by atoms with E-state index < -0.39 is 30.0 Å². The first-order chi connectivity index (χ1) is 8.34. The number of nitrogens with one attached hydrogen (secondary N) is 1. The van der Waals surface area contributed by atoms with Crippen LogP contribution in [0.25, 0.3) is 0 Å². The van der Waals surface area contributed by atoms with Crippen LogP contribution in [0, 0.1) is 0 Å². The van der Waals surface area contributed by atoms with Crippen LogP contribution >= 0.6 is 0 Å². The van der Waals surface area contributed by atoms with Gasteiger partial charge in [-0.1, -0.05) is 0 Å². The second-order valence-corrected chi connectivity index (χ2v) is 4.96. The van der Waals surface area contributed by atoms with Gasteiger partial charge in [-0.3, -0.25) is 14.5 Å². The molecule has 2 atom stereocenters. The van der Waals surface area contributed by atoms with Gasteiger partial charge in [-0.25, -0.2) is 4.79 Å². The van der Waals surface area contributed by atoms with Gasteiger partial charge >= 0.3 is 12.0 Å². The molecule has 0 aromatic heterocycles. The molecule has 0 aliphatic carbocycles. The molecule has 2 unspecified atom stereocenters. The van der Waals surface area contributed by atoms with Gasteiger partial charge < -0.3 is 15.2 Å². The Morgan fingerprint density at radius 2 is 2.00 bits per heavy atom. The average Bonchev–Trinajstić information content (AvgIpc) is 2.40. The molecule has 100 valence electrons. The van der Waals surface area contributed by atoms with E-state index in [4.69, 9.17) is 9.84 Å². The quantitative estimate of drug-likeness (QED) is 0.675. The molecule has 0 aromatic rings. The van der Waals surface area contributed by atoms with Crippen molar-refractivity contribution >= 4 is 17.9 Å². The number of ether oxygens (including phenoxy) is 1. The SMILES string of the molecule is CC1CC2(CC(C)O1)NC(=O)N(CC(=O)O)C2=O. The summed E-state index contributed by atoms with van der Waals surface area (Å²) in [6, 6.07) is -0.635. The third kappa shape index (κ3) is 2.05. The van der Waals surface area contributed by atoms with Gasteiger partial charge in [0.1, 0.15) is 12.1 Å². The normalized spacial score (nSPS) is 36.0. The summed E-state index contributed by atoms with van der Waals surface area (Å²) in [5.41, 5.74) is -0.996. The second kappa shape index (κ2) is 4.24. The van der Waals surface area contributed by atoms with Crippen LogP contribution in [0.1, 0.15) is 26.7 Å². The van der Waals surface area contributed by atoms with Crippen molar-refractivity contribution in [1.29, 1.82) is 0 Å². The van der Waals surface area contributed by atoms with Crippen molar-refractivity contribution < 1.29 is 24.2 Å². The number of carbonyl (C=O) groups excluding carboxylic acids is 2. The standard InChI is InChI=1S/C11H16N2O5/c1-6-3-11(4-7(2)18-6)9(16)13(5-8(14)15)10(17)12-11/h6-7H,3-5H2,1-2H3,(H,12,17)(H,14,15). The highest BCUT2D eigenvalue weighted by atomic mass is 16.5. The van der Waals surface area contributed by atoms with Crippen molar-refractivity contribution in [1.82, 2.24) is 10.2 Å². The Kier molecular flexibility index (Phi) is 3.02. The fraction of sp³-hybridized carbons (Fsp3) is 0.727. The first kappa shape index (κ1) is 12.8. The first-order valence-electron chi connectivity index (χ1n) is 5.85. The number of carboxylic acids is 1. The van der Waals surface area contributed by atoms with E-state index in [0.717, 1.165) is 4.90 Å². The summed E-state index contributed by atoms with van der Waals surface area (Å²) >= 11 is 0. The van der Waals surface area contributed by atoms with Gasteiger partial charge in [0.25, 0.3) is 5.91 Å². The van der Waals surface area contributed by atoms with Gasteiger partial charge in [0, 0.05) is 12.8 Å². The zero-order valence-electron chi connectivity index (χ0n) is 10.3. The first-order valence-corrected chi connectivity index (χ1v) is 5.85. The van der Waals surface area contributed by atoms with E-state index in [-0.39, 0.29) is 12.2 Å². The molecule has 2 heterocycles. The lowest BCUT2D eigenvalue weighted by Crippen LogP contribution is -2.55. The zero-order valence-corrected chi connectivity index (χ0v) is 10.3. The van der Waals surface area contributed by atoms with Crippen LogP contribution in [0.5, 0.6) is 0 Å². The van der Waals surface area contributed by atoms with Crippen LogP contribution in [-0.2, 0) is 14.3 Å². The lowest BCUT2D eigenvalue weighted by atomic mass is 9.84. The number of amides is 3. The molecule has 0 bridgehead atoms. The minimum absolute atomic E-state index is 0.150. The van der Waals surface area contributed by atoms with Crippen LogP contribution in [0.2, 0.25) is 0 Å². The Labute approximate surface area is 104 Å². The molecule has 2 aliphatic heterocycles. The highest BCUT2D eigenvalue weighted by molar-refractivity contribution is 6.08. The molecular formula is C11H16N2O5. The molecule has 3 amide bonds. The number of urea groups is 1. The van der Waals surface area contributed by atoms with Gasteiger partial charge in [-0.15, -0.1) is 0 Å². The molecule has 2 saturated heterocycles. The topological polar surface area (TPSA) is 95.9 Å². The van der Waals surface area contributed by atoms with Crippen LogP contribution < -0.4 is 5.32 Å².